The van der Waals surface area contributed by atoms with Gasteiger partial charge in [0.05, 0.1) is 11.4 Å². The molecule has 12 heteroatoms. The molecule has 8 bridgehead atoms. The van der Waals surface area contributed by atoms with E-state index >= 15 is 0 Å². The van der Waals surface area contributed by atoms with Crippen molar-refractivity contribution >= 4 is 16.1 Å². The number of ether oxygens (including phenoxy) is 2. The molecule has 1 aliphatic carbocycles. The van der Waals surface area contributed by atoms with Gasteiger partial charge in [0.1, 0.15) is 17.6 Å². The second-order valence-electron chi connectivity index (χ2n) is 17.0. The number of phenolic OH excluding ortho intramolecular Hbond substituents is 1. The Balaban J connectivity index is 1.29. The molecule has 314 valence electrons. The Morgan fingerprint density at radius 3 is 2.43 bits per heavy atom. The van der Waals surface area contributed by atoms with Crippen molar-refractivity contribution in [2.75, 3.05) is 13.2 Å². The zero-order valence-electron chi connectivity index (χ0n) is 33.4. The minimum Gasteiger partial charge on any atom is -0.508 e. The number of hydrogen-bond donors (Lipinski definition) is 6. The van der Waals surface area contributed by atoms with Crippen molar-refractivity contribution in [3.63, 3.8) is 0 Å². The van der Waals surface area contributed by atoms with Crippen molar-refractivity contribution < 1.29 is 37.8 Å². The molecule has 0 aromatic heterocycles. The van der Waals surface area contributed by atoms with Crippen LogP contribution in [0.2, 0.25) is 0 Å². The van der Waals surface area contributed by atoms with Crippen molar-refractivity contribution in [2.45, 2.75) is 80.5 Å². The Hall–Kier alpha value is -5.16. The molecule has 1 fully saturated rings. The van der Waals surface area contributed by atoms with Gasteiger partial charge in [0, 0.05) is 48.7 Å². The van der Waals surface area contributed by atoms with Crippen molar-refractivity contribution in [3.05, 3.63) is 142 Å². The predicted octanol–water partition coefficient (Wildman–Crippen LogP) is 6.27. The zero-order chi connectivity index (χ0) is 42.0. The maximum absolute atomic E-state index is 13.7. The van der Waals surface area contributed by atoms with Gasteiger partial charge < -0.3 is 36.3 Å². The summed E-state index contributed by atoms with van der Waals surface area (Å²) in [5, 5.41) is 30.5. The third kappa shape index (κ3) is 8.97. The van der Waals surface area contributed by atoms with E-state index in [0.29, 0.717) is 55.4 Å². The van der Waals surface area contributed by atoms with E-state index in [4.69, 9.17) is 25.9 Å². The number of rotatable bonds is 8. The van der Waals surface area contributed by atoms with Crippen LogP contribution in [0.15, 0.2) is 114 Å². The van der Waals surface area contributed by atoms with Gasteiger partial charge >= 0.3 is 0 Å². The molecule has 0 unspecified atom stereocenters. The quantitative estimate of drug-likeness (QED) is 0.0387. The summed E-state index contributed by atoms with van der Waals surface area (Å²) in [5.74, 6) is 5.24. The van der Waals surface area contributed by atoms with Gasteiger partial charge in [-0.1, -0.05) is 90.7 Å². The van der Waals surface area contributed by atoms with Gasteiger partial charge in [-0.25, -0.2) is 4.99 Å². The maximum Gasteiger partial charge on any atom is 0.268 e. The fourth-order valence-electron chi connectivity index (χ4n) is 10.1. The van der Waals surface area contributed by atoms with Crippen LogP contribution in [0.25, 0.3) is 0 Å². The number of nitrogens with zero attached hydrogens (tertiary/aromatic N) is 1. The number of aliphatic imine (C=N–C) groups is 1. The maximum atomic E-state index is 13.7. The van der Waals surface area contributed by atoms with Crippen LogP contribution >= 0.6 is 0 Å². The molecule has 4 aromatic carbocycles. The summed E-state index contributed by atoms with van der Waals surface area (Å²) in [6, 6.07) is 30.1. The molecular weight excluding hydrogens is 779 g/mol. The molecule has 11 rings (SSSR count). The summed E-state index contributed by atoms with van der Waals surface area (Å²) in [6.45, 7) is -0.214. The number of guanidine groups is 1. The normalized spacial score (nSPS) is 27.8. The number of phenols is 1. The van der Waals surface area contributed by atoms with E-state index in [1.165, 1.54) is 0 Å². The summed E-state index contributed by atoms with van der Waals surface area (Å²) in [4.78, 5) is 4.78. The molecule has 0 spiro atoms. The number of nitrogens with two attached hydrogens (primary N) is 2. The van der Waals surface area contributed by atoms with Crippen LogP contribution in [0.4, 0.5) is 0 Å². The number of fused-ring (bicyclic) bond motifs is 7. The van der Waals surface area contributed by atoms with E-state index in [-0.39, 0.29) is 67.5 Å². The van der Waals surface area contributed by atoms with Crippen LogP contribution < -0.4 is 16.2 Å². The van der Waals surface area contributed by atoms with E-state index in [2.05, 4.69) is 11.8 Å². The van der Waals surface area contributed by atoms with E-state index < -0.39 is 33.1 Å². The Labute approximate surface area is 351 Å². The number of benzene rings is 4. The second-order valence-corrected chi connectivity index (χ2v) is 18.6. The average Bonchev–Trinajstić information content (AvgIpc) is 3.36. The molecule has 0 radical (unpaired) electrons. The predicted molar refractivity (Wildman–Crippen MR) is 229 cm³/mol. The van der Waals surface area contributed by atoms with Crippen LogP contribution in [0.5, 0.6) is 11.5 Å². The smallest absolute Gasteiger partial charge is 0.268 e. The first-order valence-electron chi connectivity index (χ1n) is 20.8. The van der Waals surface area contributed by atoms with Crippen molar-refractivity contribution in [2.24, 2.45) is 40.1 Å². The van der Waals surface area contributed by atoms with Crippen LogP contribution in [0.1, 0.15) is 83.9 Å². The number of allylic oxidation sites excluding steroid dienone is 1. The molecule has 4 aromatic rings. The van der Waals surface area contributed by atoms with Gasteiger partial charge in [0.2, 0.25) is 5.72 Å². The summed E-state index contributed by atoms with van der Waals surface area (Å²) in [6.07, 6.45) is 4.62. The Kier molecular flexibility index (Phi) is 12.1. The molecule has 6 heterocycles. The lowest BCUT2D eigenvalue weighted by molar-refractivity contribution is -0.0131. The van der Waals surface area contributed by atoms with Crippen LogP contribution in [-0.2, 0) is 33.4 Å². The first-order chi connectivity index (χ1) is 28.9. The van der Waals surface area contributed by atoms with E-state index in [1.54, 1.807) is 24.3 Å². The average molecular weight is 832 g/mol. The fourth-order valence-corrected chi connectivity index (χ4v) is 11.2. The van der Waals surface area contributed by atoms with Gasteiger partial charge in [-0.3, -0.25) is 4.55 Å². The monoisotopic (exact) mass is 831 g/mol. The standard InChI is InChI=1S/C48H53N3O8S/c49-47(50)51-48(27-33(29-53)21-31-5-2-1-3-6-31)38-14-12-34(13-15-38)45-36-23-37(26-43(45)44(60(55,56)57)20-11-30-9-17-40(59-48)18-10-30)46-42-19-16-39(54)24-35(42)8-4-7-32(28-52)22-41(25-36)58-46/h1-3,5-6,9-10,12-19,24,26,32-33,36,41,43-46,52-54H,7,11,20-23,25,27-29H2,(H4,49,50,51)(H,55,56,57)/t32-,33+,36-,41+,43+,44+,45-,46+,48+/m0/s1. The first-order valence-corrected chi connectivity index (χ1v) is 22.3. The minimum absolute atomic E-state index is 0.0687. The van der Waals surface area contributed by atoms with Crippen molar-refractivity contribution in [1.29, 1.82) is 0 Å². The number of aliphatic hydroxyl groups excluding tert-OH is 2. The largest absolute Gasteiger partial charge is 0.508 e. The molecule has 11 nitrogen and oxygen atoms in total. The molecule has 6 aliphatic heterocycles. The minimum atomic E-state index is -4.59. The van der Waals surface area contributed by atoms with Gasteiger partial charge in [-0.05, 0) is 109 Å². The van der Waals surface area contributed by atoms with E-state index in [1.807, 2.05) is 78.9 Å². The third-order valence-electron chi connectivity index (χ3n) is 12.8. The number of aliphatic hydroxyl groups is 2. The highest BCUT2D eigenvalue weighted by atomic mass is 32.2. The second kappa shape index (κ2) is 17.4. The highest BCUT2D eigenvalue weighted by Crippen LogP contribution is 2.53. The van der Waals surface area contributed by atoms with Crippen molar-refractivity contribution in [1.82, 2.24) is 0 Å². The van der Waals surface area contributed by atoms with Crippen LogP contribution in [0, 0.1) is 35.5 Å². The molecule has 8 N–H and O–H groups in total. The molecule has 0 saturated carbocycles. The topological polar surface area (TPSA) is 198 Å². The highest BCUT2D eigenvalue weighted by molar-refractivity contribution is 7.86. The fraction of sp³-hybridized carbons (Fsp3) is 0.396. The zero-order valence-corrected chi connectivity index (χ0v) is 34.3. The van der Waals surface area contributed by atoms with Crippen molar-refractivity contribution in [3.8, 4) is 23.3 Å². The summed E-state index contributed by atoms with van der Waals surface area (Å²) in [5.41, 5.74) is 16.6. The van der Waals surface area contributed by atoms with Gasteiger partial charge in [-0.2, -0.15) is 8.42 Å². The summed E-state index contributed by atoms with van der Waals surface area (Å²) in [7, 11) is -4.59. The Morgan fingerprint density at radius 2 is 1.73 bits per heavy atom. The van der Waals surface area contributed by atoms with Gasteiger partial charge in [-0.15, -0.1) is 0 Å². The highest BCUT2D eigenvalue weighted by Gasteiger charge is 2.47. The molecule has 0 amide bonds. The van der Waals surface area contributed by atoms with Gasteiger partial charge in [0.25, 0.3) is 10.1 Å². The summed E-state index contributed by atoms with van der Waals surface area (Å²) < 4.78 is 52.4. The number of hydrogen-bond acceptors (Lipinski definition) is 8. The molecular formula is C48H53N3O8S. The Bertz CT molecular complexity index is 2390. The Morgan fingerprint density at radius 1 is 0.967 bits per heavy atom. The molecule has 9 atom stereocenters. The molecule has 1 saturated heterocycles. The number of aromatic hydroxyl groups is 1. The lowest BCUT2D eigenvalue weighted by atomic mass is 9.65. The van der Waals surface area contributed by atoms with Crippen LogP contribution in [-0.4, -0.2) is 58.8 Å². The first kappa shape index (κ1) is 41.6. The SMILES string of the molecule is NC(N)=N[C@]1(C[C@H](CO)Cc2ccccc2)Oc2ccc(cc2)CC[C@@H](S(=O)(=O)O)[C@H]2C=C3C[C@@H](C[C@H]4C[C@@H](CO)CC#Cc5cc(O)ccc5[C@@H]3O4)[C@@H]2c2ccc1cc2. The van der Waals surface area contributed by atoms with Crippen LogP contribution in [0.3, 0.4) is 0 Å². The van der Waals surface area contributed by atoms with E-state index in [0.717, 1.165) is 27.8 Å². The summed E-state index contributed by atoms with van der Waals surface area (Å²) >= 11 is 0. The van der Waals surface area contributed by atoms with E-state index in [9.17, 15) is 28.3 Å². The molecule has 7 aliphatic rings. The van der Waals surface area contributed by atoms with Gasteiger partial charge in [0.15, 0.2) is 5.96 Å². The lowest BCUT2D eigenvalue weighted by Crippen LogP contribution is -2.39. The lowest BCUT2D eigenvalue weighted by Gasteiger charge is -2.40. The molecule has 60 heavy (non-hydrogen) atoms. The third-order valence-corrected chi connectivity index (χ3v) is 14.1. The number of aryl methyl sites for hydroxylation is 1.